The van der Waals surface area contributed by atoms with E-state index in [9.17, 15) is 0 Å². The number of hydrogen-bond donors (Lipinski definition) is 1. The first-order valence-corrected chi connectivity index (χ1v) is 6.05. The van der Waals surface area contributed by atoms with Crippen molar-refractivity contribution in [2.75, 3.05) is 13.2 Å². The lowest BCUT2D eigenvalue weighted by atomic mass is 9.68. The monoisotopic (exact) mass is 211 g/mol. The van der Waals surface area contributed by atoms with Crippen LogP contribution in [0.25, 0.3) is 0 Å². The third-order valence-electron chi connectivity index (χ3n) is 3.83. The van der Waals surface area contributed by atoms with E-state index in [2.05, 4.69) is 20.4 Å². The van der Waals surface area contributed by atoms with E-state index in [1.807, 2.05) is 6.08 Å². The van der Waals surface area contributed by atoms with Gasteiger partial charge in [-0.3, -0.25) is 0 Å². The maximum Gasteiger partial charge on any atom is 0.0657 e. The smallest absolute Gasteiger partial charge is 0.0657 e. The van der Waals surface area contributed by atoms with Crippen LogP contribution in [-0.4, -0.2) is 18.8 Å². The van der Waals surface area contributed by atoms with Crippen molar-refractivity contribution in [3.63, 3.8) is 0 Å². The lowest BCUT2D eigenvalue weighted by Gasteiger charge is -2.46. The summed E-state index contributed by atoms with van der Waals surface area (Å²) in [6, 6.07) is 0. The molecule has 1 aliphatic rings. The minimum atomic E-state index is 0.0520. The van der Waals surface area contributed by atoms with Crippen LogP contribution in [0.5, 0.6) is 0 Å². The average molecular weight is 211 g/mol. The summed E-state index contributed by atoms with van der Waals surface area (Å²) in [4.78, 5) is 0. The van der Waals surface area contributed by atoms with E-state index in [0.717, 1.165) is 45.3 Å². The van der Waals surface area contributed by atoms with Gasteiger partial charge in [-0.15, -0.1) is 6.58 Å². The Bertz CT molecular complexity index is 213. The van der Waals surface area contributed by atoms with Gasteiger partial charge in [0.1, 0.15) is 0 Å². The Morgan fingerprint density at radius 2 is 2.27 bits per heavy atom. The third-order valence-corrected chi connectivity index (χ3v) is 3.83. The van der Waals surface area contributed by atoms with Gasteiger partial charge in [-0.25, -0.2) is 0 Å². The second kappa shape index (κ2) is 5.13. The zero-order chi connectivity index (χ0) is 11.4. The second-order valence-corrected chi connectivity index (χ2v) is 5.11. The number of hydrogen-bond acceptors (Lipinski definition) is 2. The van der Waals surface area contributed by atoms with Crippen molar-refractivity contribution < 1.29 is 4.74 Å². The van der Waals surface area contributed by atoms with Gasteiger partial charge >= 0.3 is 0 Å². The molecule has 0 amide bonds. The molecule has 2 atom stereocenters. The van der Waals surface area contributed by atoms with E-state index in [1.54, 1.807) is 0 Å². The Morgan fingerprint density at radius 3 is 2.80 bits per heavy atom. The van der Waals surface area contributed by atoms with E-state index >= 15 is 0 Å². The van der Waals surface area contributed by atoms with E-state index in [-0.39, 0.29) is 5.60 Å². The Balaban J connectivity index is 2.74. The Morgan fingerprint density at radius 1 is 1.53 bits per heavy atom. The highest BCUT2D eigenvalue weighted by atomic mass is 16.5. The second-order valence-electron chi connectivity index (χ2n) is 5.11. The fraction of sp³-hybridized carbons (Fsp3) is 0.846. The molecule has 2 heteroatoms. The highest BCUT2D eigenvalue weighted by molar-refractivity contribution is 4.95. The van der Waals surface area contributed by atoms with Gasteiger partial charge in [-0.1, -0.05) is 13.0 Å². The molecule has 2 nitrogen and oxygen atoms in total. The van der Waals surface area contributed by atoms with Crippen molar-refractivity contribution in [2.24, 2.45) is 11.1 Å². The van der Waals surface area contributed by atoms with Crippen molar-refractivity contribution in [1.82, 2.24) is 0 Å². The summed E-state index contributed by atoms with van der Waals surface area (Å²) in [5, 5.41) is 0. The van der Waals surface area contributed by atoms with Crippen LogP contribution in [-0.2, 0) is 4.74 Å². The van der Waals surface area contributed by atoms with E-state index in [1.165, 1.54) is 0 Å². The molecule has 1 fully saturated rings. The summed E-state index contributed by atoms with van der Waals surface area (Å²) in [7, 11) is 0. The molecule has 2 unspecified atom stereocenters. The SMILES string of the molecule is C=CCC1(CCN)CCOC(C)(CC)C1. The molecule has 1 aliphatic heterocycles. The summed E-state index contributed by atoms with van der Waals surface area (Å²) < 4.78 is 5.89. The van der Waals surface area contributed by atoms with Crippen molar-refractivity contribution >= 4 is 0 Å². The van der Waals surface area contributed by atoms with Crippen molar-refractivity contribution in [2.45, 2.75) is 51.6 Å². The molecule has 0 spiro atoms. The maximum absolute atomic E-state index is 5.89. The predicted octanol–water partition coefficient (Wildman–Crippen LogP) is 2.88. The third kappa shape index (κ3) is 3.05. The fourth-order valence-electron chi connectivity index (χ4n) is 2.78. The molecule has 15 heavy (non-hydrogen) atoms. The Hall–Kier alpha value is -0.340. The maximum atomic E-state index is 5.89. The minimum Gasteiger partial charge on any atom is -0.375 e. The van der Waals surface area contributed by atoms with Crippen molar-refractivity contribution in [3.05, 3.63) is 12.7 Å². The largest absolute Gasteiger partial charge is 0.375 e. The first-order chi connectivity index (χ1) is 7.10. The normalized spacial score (nSPS) is 36.5. The van der Waals surface area contributed by atoms with Crippen LogP contribution < -0.4 is 5.73 Å². The Labute approximate surface area is 93.9 Å². The molecule has 88 valence electrons. The summed E-state index contributed by atoms with van der Waals surface area (Å²) in [6.45, 7) is 9.94. The van der Waals surface area contributed by atoms with Gasteiger partial charge in [0.15, 0.2) is 0 Å². The average Bonchev–Trinajstić information content (AvgIpc) is 2.18. The van der Waals surface area contributed by atoms with Crippen LogP contribution in [0.1, 0.15) is 46.0 Å². The van der Waals surface area contributed by atoms with E-state index < -0.39 is 0 Å². The number of allylic oxidation sites excluding steroid dienone is 1. The standard InChI is InChI=1S/C13H25NO/c1-4-6-13(7-9-14)8-10-15-12(3,5-2)11-13/h4H,1,5-11,14H2,2-3H3. The minimum absolute atomic E-state index is 0.0520. The van der Waals surface area contributed by atoms with Gasteiger partial charge in [0.05, 0.1) is 5.60 Å². The molecule has 1 heterocycles. The molecule has 0 radical (unpaired) electrons. The topological polar surface area (TPSA) is 35.2 Å². The quantitative estimate of drug-likeness (QED) is 0.710. The number of nitrogens with two attached hydrogens (primary N) is 1. The zero-order valence-electron chi connectivity index (χ0n) is 10.2. The van der Waals surface area contributed by atoms with Gasteiger partial charge in [0, 0.05) is 6.61 Å². The summed E-state index contributed by atoms with van der Waals surface area (Å²) in [6.07, 6.45) is 7.54. The summed E-state index contributed by atoms with van der Waals surface area (Å²) >= 11 is 0. The molecule has 1 saturated heterocycles. The summed E-state index contributed by atoms with van der Waals surface area (Å²) in [5.41, 5.74) is 6.13. The van der Waals surface area contributed by atoms with Gasteiger partial charge in [-0.05, 0) is 51.0 Å². The van der Waals surface area contributed by atoms with Crippen LogP contribution in [0.3, 0.4) is 0 Å². The van der Waals surface area contributed by atoms with Gasteiger partial charge in [-0.2, -0.15) is 0 Å². The first-order valence-electron chi connectivity index (χ1n) is 6.05. The zero-order valence-corrected chi connectivity index (χ0v) is 10.2. The lowest BCUT2D eigenvalue weighted by molar-refractivity contribution is -0.118. The van der Waals surface area contributed by atoms with E-state index in [0.29, 0.717) is 5.41 Å². The highest BCUT2D eigenvalue weighted by Gasteiger charge is 2.40. The molecule has 0 saturated carbocycles. The molecule has 0 aliphatic carbocycles. The van der Waals surface area contributed by atoms with Crippen LogP contribution >= 0.6 is 0 Å². The van der Waals surface area contributed by atoms with E-state index in [4.69, 9.17) is 10.5 Å². The molecule has 1 rings (SSSR count). The molecule has 0 aromatic rings. The lowest BCUT2D eigenvalue weighted by Crippen LogP contribution is -2.43. The van der Waals surface area contributed by atoms with Gasteiger partial charge in [0.2, 0.25) is 0 Å². The molecule has 0 bridgehead atoms. The highest BCUT2D eigenvalue weighted by Crippen LogP contribution is 2.45. The molecular weight excluding hydrogens is 186 g/mol. The number of rotatable bonds is 5. The predicted molar refractivity (Wildman–Crippen MR) is 64.8 cm³/mol. The van der Waals surface area contributed by atoms with Gasteiger partial charge < -0.3 is 10.5 Å². The van der Waals surface area contributed by atoms with Crippen LogP contribution in [0.15, 0.2) is 12.7 Å². The van der Waals surface area contributed by atoms with Gasteiger partial charge in [0.25, 0.3) is 0 Å². The molecule has 0 aromatic carbocycles. The first kappa shape index (κ1) is 12.7. The molecular formula is C13H25NO. The van der Waals surface area contributed by atoms with Crippen molar-refractivity contribution in [3.8, 4) is 0 Å². The molecule has 2 N–H and O–H groups in total. The molecule has 0 aromatic heterocycles. The fourth-order valence-corrected chi connectivity index (χ4v) is 2.78. The Kier molecular flexibility index (Phi) is 4.35. The summed E-state index contributed by atoms with van der Waals surface area (Å²) in [5.74, 6) is 0. The van der Waals surface area contributed by atoms with Crippen LogP contribution in [0.2, 0.25) is 0 Å². The van der Waals surface area contributed by atoms with Crippen LogP contribution in [0, 0.1) is 5.41 Å². The van der Waals surface area contributed by atoms with Crippen LogP contribution in [0.4, 0.5) is 0 Å². The number of ether oxygens (including phenoxy) is 1. The van der Waals surface area contributed by atoms with Crippen molar-refractivity contribution in [1.29, 1.82) is 0 Å².